The number of benzene rings is 1. The molecule has 1 amide bonds. The average Bonchev–Trinajstić information content (AvgIpc) is 2.87. The number of carbonyl (C=O) groups excluding carboxylic acids is 2. The van der Waals surface area contributed by atoms with Gasteiger partial charge < -0.3 is 10.1 Å². The molecule has 1 aliphatic rings. The molecule has 1 fully saturated rings. The van der Waals surface area contributed by atoms with E-state index in [0.717, 1.165) is 25.7 Å². The fourth-order valence-electron chi connectivity index (χ4n) is 2.81. The minimum absolute atomic E-state index is 0.0346. The summed E-state index contributed by atoms with van der Waals surface area (Å²) in [6.07, 6.45) is 4.30. The second kappa shape index (κ2) is 8.42. The smallest absolute Gasteiger partial charge is 0.309 e. The normalized spacial score (nSPS) is 19.8. The van der Waals surface area contributed by atoms with E-state index in [9.17, 15) is 19.7 Å². The van der Waals surface area contributed by atoms with Gasteiger partial charge >= 0.3 is 5.97 Å². The number of rotatable bonds is 8. The lowest BCUT2D eigenvalue weighted by Crippen LogP contribution is -2.19. The molecule has 2 rings (SSSR count). The number of cyclic esters (lactones) is 1. The van der Waals surface area contributed by atoms with Crippen molar-refractivity contribution in [3.8, 4) is 0 Å². The van der Waals surface area contributed by atoms with Crippen molar-refractivity contribution in [3.05, 3.63) is 34.4 Å². The monoisotopic (exact) mass is 334 g/mol. The standard InChI is InChI=1S/C17H22N2O5/c1-2-3-4-5-12-10-15(24-17(12)21)11-16(20)18-13-6-8-14(9-7-13)19(22)23/h6-9,12,15H,2-5,10-11H2,1H3,(H,18,20)/t12-,15-/m1/s1. The molecule has 0 bridgehead atoms. The van der Waals surface area contributed by atoms with Crippen molar-refractivity contribution < 1.29 is 19.2 Å². The number of nitro groups is 1. The van der Waals surface area contributed by atoms with Crippen LogP contribution in [0.2, 0.25) is 0 Å². The maximum atomic E-state index is 12.0. The van der Waals surface area contributed by atoms with Crippen LogP contribution < -0.4 is 5.32 Å². The van der Waals surface area contributed by atoms with Gasteiger partial charge in [-0.1, -0.05) is 26.2 Å². The summed E-state index contributed by atoms with van der Waals surface area (Å²) in [5, 5.41) is 13.3. The molecule has 7 heteroatoms. The zero-order valence-electron chi connectivity index (χ0n) is 13.7. The zero-order valence-corrected chi connectivity index (χ0v) is 13.7. The number of esters is 1. The summed E-state index contributed by atoms with van der Waals surface area (Å²) in [5.74, 6) is -0.580. The van der Waals surface area contributed by atoms with E-state index in [0.29, 0.717) is 12.1 Å². The molecule has 1 aromatic carbocycles. The number of nitro benzene ring substituents is 1. The minimum Gasteiger partial charge on any atom is -0.462 e. The molecule has 0 saturated carbocycles. The van der Waals surface area contributed by atoms with E-state index in [4.69, 9.17) is 4.74 Å². The molecule has 1 N–H and O–H groups in total. The first kappa shape index (κ1) is 17.9. The van der Waals surface area contributed by atoms with Gasteiger partial charge in [0.05, 0.1) is 17.3 Å². The summed E-state index contributed by atoms with van der Waals surface area (Å²) < 4.78 is 5.27. The number of hydrogen-bond acceptors (Lipinski definition) is 5. The molecular weight excluding hydrogens is 312 g/mol. The van der Waals surface area contributed by atoms with Gasteiger partial charge in [-0.25, -0.2) is 0 Å². The van der Waals surface area contributed by atoms with E-state index in [1.54, 1.807) is 0 Å². The van der Waals surface area contributed by atoms with Gasteiger partial charge in [0, 0.05) is 17.8 Å². The van der Waals surface area contributed by atoms with E-state index in [1.165, 1.54) is 24.3 Å². The number of anilines is 1. The van der Waals surface area contributed by atoms with Crippen LogP contribution in [-0.2, 0) is 14.3 Å². The first-order chi connectivity index (χ1) is 11.5. The Labute approximate surface area is 140 Å². The third-order valence-electron chi connectivity index (χ3n) is 4.09. The topological polar surface area (TPSA) is 98.5 Å². The van der Waals surface area contributed by atoms with Crippen molar-refractivity contribution in [2.45, 2.75) is 51.6 Å². The van der Waals surface area contributed by atoms with Crippen LogP contribution >= 0.6 is 0 Å². The van der Waals surface area contributed by atoms with Gasteiger partial charge in [0.15, 0.2) is 0 Å². The Hall–Kier alpha value is -2.44. The summed E-state index contributed by atoms with van der Waals surface area (Å²) >= 11 is 0. The lowest BCUT2D eigenvalue weighted by atomic mass is 9.97. The second-order valence-electron chi connectivity index (χ2n) is 6.04. The van der Waals surface area contributed by atoms with Crippen molar-refractivity contribution >= 4 is 23.3 Å². The van der Waals surface area contributed by atoms with Crippen molar-refractivity contribution in [2.24, 2.45) is 5.92 Å². The predicted molar refractivity (Wildman–Crippen MR) is 88.5 cm³/mol. The number of nitrogens with one attached hydrogen (secondary N) is 1. The summed E-state index contributed by atoms with van der Waals surface area (Å²) in [7, 11) is 0. The molecule has 24 heavy (non-hydrogen) atoms. The number of unbranched alkanes of at least 4 members (excludes halogenated alkanes) is 2. The van der Waals surface area contributed by atoms with Crippen LogP contribution in [0.5, 0.6) is 0 Å². The SMILES string of the molecule is CCCCC[C@@H]1C[C@H](CC(=O)Nc2ccc([N+](=O)[O-])cc2)OC1=O. The molecule has 130 valence electrons. The van der Waals surface area contributed by atoms with Crippen LogP contribution in [0.15, 0.2) is 24.3 Å². The van der Waals surface area contributed by atoms with E-state index in [2.05, 4.69) is 12.2 Å². The molecule has 0 radical (unpaired) electrons. The number of ether oxygens (including phenoxy) is 1. The summed E-state index contributed by atoms with van der Waals surface area (Å²) in [4.78, 5) is 33.9. The molecule has 2 atom stereocenters. The molecule has 1 aromatic rings. The number of carbonyl (C=O) groups is 2. The van der Waals surface area contributed by atoms with Crippen LogP contribution in [0.25, 0.3) is 0 Å². The quantitative estimate of drug-likeness (QED) is 0.340. The molecule has 0 aromatic heterocycles. The average molecular weight is 334 g/mol. The Kier molecular flexibility index (Phi) is 6.28. The summed E-state index contributed by atoms with van der Waals surface area (Å²) in [6, 6.07) is 5.61. The Morgan fingerprint density at radius 2 is 2.04 bits per heavy atom. The van der Waals surface area contributed by atoms with Gasteiger partial charge in [0.25, 0.3) is 5.69 Å². The lowest BCUT2D eigenvalue weighted by molar-refractivity contribution is -0.384. The van der Waals surface area contributed by atoms with Crippen molar-refractivity contribution in [1.82, 2.24) is 0 Å². The first-order valence-corrected chi connectivity index (χ1v) is 8.24. The van der Waals surface area contributed by atoms with Gasteiger partial charge in [0.1, 0.15) is 6.10 Å². The van der Waals surface area contributed by atoms with Gasteiger partial charge in [-0.3, -0.25) is 19.7 Å². The predicted octanol–water partition coefficient (Wildman–Crippen LogP) is 3.44. The summed E-state index contributed by atoms with van der Waals surface area (Å²) in [6.45, 7) is 2.11. The Bertz CT molecular complexity index is 600. The molecule has 0 unspecified atom stereocenters. The molecule has 0 aliphatic carbocycles. The highest BCUT2D eigenvalue weighted by atomic mass is 16.6. The highest BCUT2D eigenvalue weighted by Crippen LogP contribution is 2.28. The van der Waals surface area contributed by atoms with Gasteiger partial charge in [-0.05, 0) is 25.0 Å². The van der Waals surface area contributed by atoms with Gasteiger partial charge in [-0.15, -0.1) is 0 Å². The molecular formula is C17H22N2O5. The van der Waals surface area contributed by atoms with Crippen LogP contribution in [0.1, 0.15) is 45.4 Å². The Balaban J connectivity index is 1.80. The van der Waals surface area contributed by atoms with Crippen LogP contribution in [0.4, 0.5) is 11.4 Å². The minimum atomic E-state index is -0.498. The van der Waals surface area contributed by atoms with Crippen LogP contribution in [0, 0.1) is 16.0 Å². The second-order valence-corrected chi connectivity index (χ2v) is 6.04. The van der Waals surface area contributed by atoms with E-state index in [-0.39, 0.29) is 36.0 Å². The third kappa shape index (κ3) is 5.04. The van der Waals surface area contributed by atoms with Crippen molar-refractivity contribution in [3.63, 3.8) is 0 Å². The van der Waals surface area contributed by atoms with Crippen LogP contribution in [-0.4, -0.2) is 22.9 Å². The third-order valence-corrected chi connectivity index (χ3v) is 4.09. The van der Waals surface area contributed by atoms with Crippen LogP contribution in [0.3, 0.4) is 0 Å². The van der Waals surface area contributed by atoms with Gasteiger partial charge in [0.2, 0.25) is 5.91 Å². The zero-order chi connectivity index (χ0) is 17.5. The maximum Gasteiger partial charge on any atom is 0.309 e. The Morgan fingerprint density at radius 1 is 1.33 bits per heavy atom. The fraction of sp³-hybridized carbons (Fsp3) is 0.529. The number of nitrogens with zero attached hydrogens (tertiary/aromatic N) is 1. The molecule has 0 spiro atoms. The largest absolute Gasteiger partial charge is 0.462 e. The van der Waals surface area contributed by atoms with Crippen molar-refractivity contribution in [1.29, 1.82) is 0 Å². The molecule has 1 aliphatic heterocycles. The van der Waals surface area contributed by atoms with Crippen molar-refractivity contribution in [2.75, 3.05) is 5.32 Å². The van der Waals surface area contributed by atoms with E-state index >= 15 is 0 Å². The number of amides is 1. The number of hydrogen-bond donors (Lipinski definition) is 1. The summed E-state index contributed by atoms with van der Waals surface area (Å²) in [5.41, 5.74) is 0.446. The van der Waals surface area contributed by atoms with E-state index < -0.39 is 4.92 Å². The molecule has 1 heterocycles. The first-order valence-electron chi connectivity index (χ1n) is 8.24. The number of non-ortho nitro benzene ring substituents is 1. The maximum absolute atomic E-state index is 12.0. The molecule has 1 saturated heterocycles. The lowest BCUT2D eigenvalue weighted by Gasteiger charge is -2.09. The van der Waals surface area contributed by atoms with Gasteiger partial charge in [-0.2, -0.15) is 0 Å². The fourth-order valence-corrected chi connectivity index (χ4v) is 2.81. The van der Waals surface area contributed by atoms with E-state index in [1.807, 2.05) is 0 Å². The molecule has 7 nitrogen and oxygen atoms in total. The Morgan fingerprint density at radius 3 is 2.67 bits per heavy atom. The highest BCUT2D eigenvalue weighted by Gasteiger charge is 2.34. The highest BCUT2D eigenvalue weighted by molar-refractivity contribution is 5.91.